The van der Waals surface area contributed by atoms with Crippen LogP contribution in [0.1, 0.15) is 26.0 Å². The third kappa shape index (κ3) is 2.94. The minimum Gasteiger partial charge on any atom is -0.383 e. The van der Waals surface area contributed by atoms with Gasteiger partial charge in [0.05, 0.1) is 10.7 Å². The van der Waals surface area contributed by atoms with Crippen molar-refractivity contribution in [2.45, 2.75) is 26.7 Å². The van der Waals surface area contributed by atoms with Crippen LogP contribution in [0.2, 0.25) is 10.0 Å². The molecule has 1 aromatic heterocycles. The lowest BCUT2D eigenvalue weighted by Crippen LogP contribution is -2.01. The molecular weight excluding hydrogens is 293 g/mol. The van der Waals surface area contributed by atoms with Crippen LogP contribution in [0.3, 0.4) is 0 Å². The second-order valence-electron chi connectivity index (χ2n) is 5.17. The number of benzene rings is 1. The summed E-state index contributed by atoms with van der Waals surface area (Å²) in [6, 6.07) is 5.46. The molecule has 20 heavy (non-hydrogen) atoms. The highest BCUT2D eigenvalue weighted by Gasteiger charge is 2.19. The highest BCUT2D eigenvalue weighted by atomic mass is 35.5. The van der Waals surface area contributed by atoms with Crippen LogP contribution in [0.5, 0.6) is 0 Å². The molecule has 3 nitrogen and oxygen atoms in total. The fourth-order valence-corrected chi connectivity index (χ4v) is 2.70. The van der Waals surface area contributed by atoms with E-state index in [0.717, 1.165) is 29.7 Å². The highest BCUT2D eigenvalue weighted by molar-refractivity contribution is 6.36. The summed E-state index contributed by atoms with van der Waals surface area (Å²) in [7, 11) is 1.85. The van der Waals surface area contributed by atoms with Crippen molar-refractivity contribution in [3.63, 3.8) is 0 Å². The highest BCUT2D eigenvalue weighted by Crippen LogP contribution is 2.37. The Balaban J connectivity index is 2.54. The maximum absolute atomic E-state index is 6.31. The number of aromatic nitrogens is 2. The number of aryl methyl sites for hydroxylation is 1. The number of hydrogen-bond donors (Lipinski definition) is 1. The van der Waals surface area contributed by atoms with Crippen molar-refractivity contribution in [1.82, 2.24) is 9.78 Å². The van der Waals surface area contributed by atoms with Gasteiger partial charge < -0.3 is 5.73 Å². The average Bonchev–Trinajstić information content (AvgIpc) is 2.66. The Kier molecular flexibility index (Phi) is 4.61. The lowest BCUT2D eigenvalue weighted by atomic mass is 9.97. The minimum absolute atomic E-state index is 0.550. The van der Waals surface area contributed by atoms with Crippen molar-refractivity contribution < 1.29 is 0 Å². The molecule has 1 unspecified atom stereocenters. The normalized spacial score (nSPS) is 12.7. The quantitative estimate of drug-likeness (QED) is 0.899. The Morgan fingerprint density at radius 2 is 2.05 bits per heavy atom. The molecule has 2 N–H and O–H groups in total. The van der Waals surface area contributed by atoms with Gasteiger partial charge in [-0.05, 0) is 24.5 Å². The predicted octanol–water partition coefficient (Wildman–Crippen LogP) is 4.56. The van der Waals surface area contributed by atoms with E-state index < -0.39 is 0 Å². The molecule has 2 aromatic rings. The molecule has 1 heterocycles. The van der Waals surface area contributed by atoms with Crippen molar-refractivity contribution in [3.05, 3.63) is 33.9 Å². The molecule has 2 rings (SSSR count). The molecule has 0 aliphatic carbocycles. The van der Waals surface area contributed by atoms with Gasteiger partial charge in [0.1, 0.15) is 5.82 Å². The van der Waals surface area contributed by atoms with E-state index in [4.69, 9.17) is 28.9 Å². The lowest BCUT2D eigenvalue weighted by molar-refractivity contribution is 0.547. The van der Waals surface area contributed by atoms with Crippen LogP contribution >= 0.6 is 23.2 Å². The van der Waals surface area contributed by atoms with Crippen LogP contribution in [0.4, 0.5) is 5.82 Å². The van der Waals surface area contributed by atoms with Crippen molar-refractivity contribution in [2.75, 3.05) is 5.73 Å². The number of nitrogen functional groups attached to an aromatic ring is 1. The van der Waals surface area contributed by atoms with E-state index in [-0.39, 0.29) is 0 Å². The van der Waals surface area contributed by atoms with E-state index >= 15 is 0 Å². The SMILES string of the molecule is CCC(C)Cc1nn(C)c(N)c1-c1ccc(Cl)cc1Cl. The van der Waals surface area contributed by atoms with Gasteiger partial charge in [-0.2, -0.15) is 5.10 Å². The second-order valence-corrected chi connectivity index (χ2v) is 6.02. The first-order valence-electron chi connectivity index (χ1n) is 6.70. The van der Waals surface area contributed by atoms with E-state index in [1.807, 2.05) is 19.2 Å². The fourth-order valence-electron chi connectivity index (χ4n) is 2.20. The van der Waals surface area contributed by atoms with E-state index in [1.165, 1.54) is 0 Å². The summed E-state index contributed by atoms with van der Waals surface area (Å²) < 4.78 is 1.71. The van der Waals surface area contributed by atoms with Gasteiger partial charge in [0.2, 0.25) is 0 Å². The number of nitrogens with two attached hydrogens (primary N) is 1. The number of rotatable bonds is 4. The zero-order chi connectivity index (χ0) is 14.9. The van der Waals surface area contributed by atoms with Crippen LogP contribution in [-0.2, 0) is 13.5 Å². The third-order valence-corrected chi connectivity index (χ3v) is 4.15. The van der Waals surface area contributed by atoms with Gasteiger partial charge in [0.25, 0.3) is 0 Å². The Morgan fingerprint density at radius 3 is 2.65 bits per heavy atom. The first-order chi connectivity index (χ1) is 9.43. The maximum Gasteiger partial charge on any atom is 0.129 e. The Labute approximate surface area is 129 Å². The smallest absolute Gasteiger partial charge is 0.129 e. The van der Waals surface area contributed by atoms with Crippen LogP contribution in [0, 0.1) is 5.92 Å². The molecule has 0 spiro atoms. The molecule has 0 amide bonds. The van der Waals surface area contributed by atoms with Gasteiger partial charge in [-0.15, -0.1) is 0 Å². The Hall–Kier alpha value is -1.19. The Morgan fingerprint density at radius 1 is 1.35 bits per heavy atom. The summed E-state index contributed by atoms with van der Waals surface area (Å²) in [6.45, 7) is 4.38. The topological polar surface area (TPSA) is 43.8 Å². The Bertz CT molecular complexity index is 620. The van der Waals surface area contributed by atoms with Crippen LogP contribution in [-0.4, -0.2) is 9.78 Å². The van der Waals surface area contributed by atoms with Crippen LogP contribution in [0.25, 0.3) is 11.1 Å². The van der Waals surface area contributed by atoms with E-state index in [2.05, 4.69) is 18.9 Å². The second kappa shape index (κ2) is 6.06. The zero-order valence-electron chi connectivity index (χ0n) is 12.0. The van der Waals surface area contributed by atoms with Gasteiger partial charge in [-0.3, -0.25) is 4.68 Å². The standard InChI is InChI=1S/C15H19Cl2N3/c1-4-9(2)7-13-14(15(18)20(3)19-13)11-6-5-10(16)8-12(11)17/h5-6,8-9H,4,7,18H2,1-3H3. The molecule has 0 saturated heterocycles. The molecule has 0 aliphatic rings. The monoisotopic (exact) mass is 311 g/mol. The van der Waals surface area contributed by atoms with E-state index in [9.17, 15) is 0 Å². The summed E-state index contributed by atoms with van der Waals surface area (Å²) in [5.41, 5.74) is 8.97. The van der Waals surface area contributed by atoms with E-state index in [1.54, 1.807) is 10.7 Å². The van der Waals surface area contributed by atoms with Crippen LogP contribution in [0.15, 0.2) is 18.2 Å². The molecule has 0 fully saturated rings. The van der Waals surface area contributed by atoms with Gasteiger partial charge in [-0.25, -0.2) is 0 Å². The summed E-state index contributed by atoms with van der Waals surface area (Å²) in [6.07, 6.45) is 1.99. The summed E-state index contributed by atoms with van der Waals surface area (Å²) in [5, 5.41) is 5.75. The molecule has 0 aliphatic heterocycles. The molecular formula is C15H19Cl2N3. The first-order valence-corrected chi connectivity index (χ1v) is 7.46. The molecule has 1 aromatic carbocycles. The van der Waals surface area contributed by atoms with Gasteiger partial charge in [0, 0.05) is 23.2 Å². The molecule has 0 radical (unpaired) electrons. The van der Waals surface area contributed by atoms with Crippen molar-refractivity contribution in [1.29, 1.82) is 0 Å². The van der Waals surface area contributed by atoms with Crippen molar-refractivity contribution in [2.24, 2.45) is 13.0 Å². The van der Waals surface area contributed by atoms with Crippen molar-refractivity contribution in [3.8, 4) is 11.1 Å². The summed E-state index contributed by atoms with van der Waals surface area (Å²) in [4.78, 5) is 0. The van der Waals surface area contributed by atoms with E-state index in [0.29, 0.717) is 21.8 Å². The molecule has 108 valence electrons. The number of nitrogens with zero attached hydrogens (tertiary/aromatic N) is 2. The lowest BCUT2D eigenvalue weighted by Gasteiger charge is -2.10. The number of hydrogen-bond acceptors (Lipinski definition) is 2. The number of anilines is 1. The third-order valence-electron chi connectivity index (χ3n) is 3.60. The fraction of sp³-hybridized carbons (Fsp3) is 0.400. The number of halogens is 2. The zero-order valence-corrected chi connectivity index (χ0v) is 13.5. The van der Waals surface area contributed by atoms with Gasteiger partial charge in [0.15, 0.2) is 0 Å². The predicted molar refractivity (Wildman–Crippen MR) is 86.2 cm³/mol. The largest absolute Gasteiger partial charge is 0.383 e. The average molecular weight is 312 g/mol. The van der Waals surface area contributed by atoms with Gasteiger partial charge >= 0.3 is 0 Å². The van der Waals surface area contributed by atoms with Crippen LogP contribution < -0.4 is 5.73 Å². The maximum atomic E-state index is 6.31. The van der Waals surface area contributed by atoms with Crippen molar-refractivity contribution >= 4 is 29.0 Å². The summed E-state index contributed by atoms with van der Waals surface area (Å²) in [5.74, 6) is 1.18. The van der Waals surface area contributed by atoms with Gasteiger partial charge in [-0.1, -0.05) is 49.5 Å². The molecule has 1 atom stereocenters. The summed E-state index contributed by atoms with van der Waals surface area (Å²) >= 11 is 12.3. The molecule has 0 bridgehead atoms. The first kappa shape index (κ1) is 15.2. The molecule has 5 heteroatoms. The minimum atomic E-state index is 0.550. The molecule has 0 saturated carbocycles.